The summed E-state index contributed by atoms with van der Waals surface area (Å²) in [7, 11) is 0. The number of carbonyl (C=O) groups excluding carboxylic acids is 1. The van der Waals surface area contributed by atoms with E-state index in [4.69, 9.17) is 21.9 Å². The van der Waals surface area contributed by atoms with Crippen LogP contribution in [0.15, 0.2) is 4.52 Å². The number of nitrogens with two attached hydrogens (primary N) is 1. The number of halogens is 1. The van der Waals surface area contributed by atoms with E-state index in [1.807, 2.05) is 0 Å². The van der Waals surface area contributed by atoms with Crippen LogP contribution in [0.5, 0.6) is 0 Å². The summed E-state index contributed by atoms with van der Waals surface area (Å²) in [5, 5.41) is 4.12. The zero-order valence-electron chi connectivity index (χ0n) is 8.36. The highest BCUT2D eigenvalue weighted by atomic mass is 35.5. The third-order valence-electron chi connectivity index (χ3n) is 2.56. The van der Waals surface area contributed by atoms with E-state index in [1.54, 1.807) is 6.92 Å². The summed E-state index contributed by atoms with van der Waals surface area (Å²) < 4.78 is 5.02. The molecule has 82 valence electrons. The Balaban J connectivity index is 2.25. The average Bonchev–Trinajstić information content (AvgIpc) is 2.73. The first kappa shape index (κ1) is 10.4. The van der Waals surface area contributed by atoms with Gasteiger partial charge in [-0.05, 0) is 19.4 Å². The van der Waals surface area contributed by atoms with Gasteiger partial charge in [-0.15, -0.1) is 0 Å². The van der Waals surface area contributed by atoms with Crippen molar-refractivity contribution in [2.24, 2.45) is 11.7 Å². The summed E-state index contributed by atoms with van der Waals surface area (Å²) in [5.41, 5.74) is 6.11. The zero-order valence-corrected chi connectivity index (χ0v) is 9.12. The molecule has 0 spiro atoms. The van der Waals surface area contributed by atoms with Gasteiger partial charge in [0, 0.05) is 13.0 Å². The molecule has 1 saturated heterocycles. The maximum absolute atomic E-state index is 11.6. The van der Waals surface area contributed by atoms with Crippen LogP contribution in [-0.2, 0) is 4.79 Å². The average molecular weight is 230 g/mol. The largest absolute Gasteiger partial charge is 0.336 e. The molecule has 1 unspecified atom stereocenters. The van der Waals surface area contributed by atoms with Crippen molar-refractivity contribution < 1.29 is 9.32 Å². The lowest BCUT2D eigenvalue weighted by atomic mass is 10.1. The second-order valence-electron chi connectivity index (χ2n) is 3.70. The van der Waals surface area contributed by atoms with Crippen LogP contribution >= 0.6 is 11.6 Å². The minimum absolute atomic E-state index is 0.0106. The number of nitrogens with zero attached hydrogens (tertiary/aromatic N) is 2. The number of hydrogen-bond acceptors (Lipinski definition) is 4. The van der Waals surface area contributed by atoms with Crippen LogP contribution in [-0.4, -0.2) is 24.2 Å². The van der Waals surface area contributed by atoms with Crippen LogP contribution in [0.2, 0.25) is 5.02 Å². The van der Waals surface area contributed by atoms with E-state index in [0.717, 1.165) is 0 Å². The fourth-order valence-electron chi connectivity index (χ4n) is 1.65. The lowest BCUT2D eigenvalue weighted by Crippen LogP contribution is -2.25. The van der Waals surface area contributed by atoms with Gasteiger partial charge < -0.3 is 10.3 Å². The monoisotopic (exact) mass is 229 g/mol. The molecule has 0 radical (unpaired) electrons. The SMILES string of the molecule is Cc1noc(N2CC(CN)CC2=O)c1Cl. The van der Waals surface area contributed by atoms with E-state index in [1.165, 1.54) is 4.90 Å². The van der Waals surface area contributed by atoms with Crippen molar-refractivity contribution in [3.05, 3.63) is 10.7 Å². The second kappa shape index (κ2) is 3.83. The highest BCUT2D eigenvalue weighted by Crippen LogP contribution is 2.32. The predicted octanol–water partition coefficient (Wildman–Crippen LogP) is 0.948. The Kier molecular flexibility index (Phi) is 2.67. The zero-order chi connectivity index (χ0) is 11.0. The highest BCUT2D eigenvalue weighted by Gasteiger charge is 2.33. The van der Waals surface area contributed by atoms with Gasteiger partial charge in [0.25, 0.3) is 5.88 Å². The number of anilines is 1. The first-order valence-electron chi connectivity index (χ1n) is 4.75. The van der Waals surface area contributed by atoms with Crippen LogP contribution in [0, 0.1) is 12.8 Å². The number of carbonyl (C=O) groups is 1. The van der Waals surface area contributed by atoms with Gasteiger partial charge >= 0.3 is 0 Å². The fraction of sp³-hybridized carbons (Fsp3) is 0.556. The molecular formula is C9H12ClN3O2. The van der Waals surface area contributed by atoms with E-state index >= 15 is 0 Å². The normalized spacial score (nSPS) is 21.4. The molecule has 2 N–H and O–H groups in total. The van der Waals surface area contributed by atoms with Crippen molar-refractivity contribution in [3.63, 3.8) is 0 Å². The number of amides is 1. The molecule has 15 heavy (non-hydrogen) atoms. The van der Waals surface area contributed by atoms with E-state index < -0.39 is 0 Å². The van der Waals surface area contributed by atoms with Gasteiger partial charge in [-0.25, -0.2) is 0 Å². The van der Waals surface area contributed by atoms with E-state index in [-0.39, 0.29) is 11.8 Å². The lowest BCUT2D eigenvalue weighted by molar-refractivity contribution is -0.117. The standard InChI is InChI=1S/C9H12ClN3O2/c1-5-8(10)9(15-12-5)13-4-6(3-11)2-7(13)14/h6H,2-4,11H2,1H3. The van der Waals surface area contributed by atoms with Gasteiger partial charge in [0.1, 0.15) is 10.7 Å². The first-order valence-corrected chi connectivity index (χ1v) is 5.13. The van der Waals surface area contributed by atoms with Gasteiger partial charge in [-0.3, -0.25) is 9.69 Å². The van der Waals surface area contributed by atoms with E-state index in [9.17, 15) is 4.79 Å². The maximum Gasteiger partial charge on any atom is 0.252 e. The number of hydrogen-bond donors (Lipinski definition) is 1. The Bertz CT molecular complexity index is 391. The smallest absolute Gasteiger partial charge is 0.252 e. The molecule has 5 nitrogen and oxygen atoms in total. The Morgan fingerprint density at radius 1 is 1.73 bits per heavy atom. The molecule has 2 heterocycles. The Morgan fingerprint density at radius 2 is 2.47 bits per heavy atom. The Hall–Kier alpha value is -1.07. The van der Waals surface area contributed by atoms with Crippen molar-refractivity contribution in [2.45, 2.75) is 13.3 Å². The number of rotatable bonds is 2. The third kappa shape index (κ3) is 1.72. The summed E-state index contributed by atoms with van der Waals surface area (Å²) in [6.45, 7) is 2.78. The molecule has 0 saturated carbocycles. The van der Waals surface area contributed by atoms with E-state index in [0.29, 0.717) is 36.1 Å². The topological polar surface area (TPSA) is 72.4 Å². The molecule has 1 aromatic rings. The molecular weight excluding hydrogens is 218 g/mol. The summed E-state index contributed by atoms with van der Waals surface area (Å²) in [6, 6.07) is 0. The molecule has 1 aromatic heterocycles. The van der Waals surface area contributed by atoms with Crippen LogP contribution in [0.25, 0.3) is 0 Å². The van der Waals surface area contributed by atoms with Crippen LogP contribution < -0.4 is 10.6 Å². The molecule has 1 aliphatic rings. The predicted molar refractivity (Wildman–Crippen MR) is 55.8 cm³/mol. The molecule has 1 atom stereocenters. The minimum Gasteiger partial charge on any atom is -0.336 e. The van der Waals surface area contributed by atoms with Crippen molar-refractivity contribution >= 4 is 23.4 Å². The molecule has 0 bridgehead atoms. The highest BCUT2D eigenvalue weighted by molar-refractivity contribution is 6.34. The maximum atomic E-state index is 11.6. The summed E-state index contributed by atoms with van der Waals surface area (Å²) in [5.74, 6) is 0.512. The van der Waals surface area contributed by atoms with Crippen molar-refractivity contribution in [2.75, 3.05) is 18.0 Å². The first-order chi connectivity index (χ1) is 7.13. The number of aromatic nitrogens is 1. The van der Waals surface area contributed by atoms with Crippen molar-refractivity contribution in [1.29, 1.82) is 0 Å². The second-order valence-corrected chi connectivity index (χ2v) is 4.08. The van der Waals surface area contributed by atoms with Crippen LogP contribution in [0.4, 0.5) is 5.88 Å². The summed E-state index contributed by atoms with van der Waals surface area (Å²) in [4.78, 5) is 13.1. The van der Waals surface area contributed by atoms with Gasteiger partial charge in [0.05, 0.1) is 0 Å². The van der Waals surface area contributed by atoms with Gasteiger partial charge in [-0.1, -0.05) is 16.8 Å². The van der Waals surface area contributed by atoms with Gasteiger partial charge in [0.2, 0.25) is 5.91 Å². The fourth-order valence-corrected chi connectivity index (χ4v) is 1.82. The summed E-state index contributed by atoms with van der Waals surface area (Å²) >= 11 is 5.96. The van der Waals surface area contributed by atoms with Crippen LogP contribution in [0.1, 0.15) is 12.1 Å². The Morgan fingerprint density at radius 3 is 2.93 bits per heavy atom. The van der Waals surface area contributed by atoms with Crippen molar-refractivity contribution in [3.8, 4) is 0 Å². The quantitative estimate of drug-likeness (QED) is 0.820. The molecule has 0 aliphatic carbocycles. The molecule has 1 fully saturated rings. The van der Waals surface area contributed by atoms with E-state index in [2.05, 4.69) is 5.16 Å². The summed E-state index contributed by atoms with van der Waals surface area (Å²) in [6.07, 6.45) is 0.451. The number of aryl methyl sites for hydroxylation is 1. The lowest BCUT2D eigenvalue weighted by Gasteiger charge is -2.11. The van der Waals surface area contributed by atoms with Gasteiger partial charge in [0.15, 0.2) is 0 Å². The minimum atomic E-state index is -0.0106. The van der Waals surface area contributed by atoms with Crippen LogP contribution in [0.3, 0.4) is 0 Å². The van der Waals surface area contributed by atoms with Gasteiger partial charge in [-0.2, -0.15) is 0 Å². The van der Waals surface area contributed by atoms with Crippen molar-refractivity contribution in [1.82, 2.24) is 5.16 Å². The third-order valence-corrected chi connectivity index (χ3v) is 2.99. The molecule has 2 rings (SSSR count). The molecule has 1 amide bonds. The molecule has 1 aliphatic heterocycles. The molecule has 6 heteroatoms. The molecule has 0 aromatic carbocycles. The Labute approximate surface area is 92.1 Å².